The average molecular weight is 215 g/mol. The first-order valence-corrected chi connectivity index (χ1v) is 5.83. The van der Waals surface area contributed by atoms with Crippen LogP contribution in [0.25, 0.3) is 0 Å². The van der Waals surface area contributed by atoms with Crippen molar-refractivity contribution < 1.29 is 14.2 Å². The minimum Gasteiger partial charge on any atom is -0.380 e. The van der Waals surface area contributed by atoms with E-state index in [1.807, 2.05) is 6.92 Å². The van der Waals surface area contributed by atoms with E-state index in [0.717, 1.165) is 32.7 Å². The van der Waals surface area contributed by atoms with Crippen LogP contribution in [0.1, 0.15) is 19.8 Å². The van der Waals surface area contributed by atoms with Gasteiger partial charge in [-0.05, 0) is 19.8 Å². The molecule has 1 aliphatic carbocycles. The van der Waals surface area contributed by atoms with Crippen molar-refractivity contribution in [3.8, 4) is 0 Å². The van der Waals surface area contributed by atoms with Gasteiger partial charge in [-0.15, -0.1) is 0 Å². The highest BCUT2D eigenvalue weighted by atomic mass is 16.5. The lowest BCUT2D eigenvalue weighted by molar-refractivity contribution is -0.133. The Morgan fingerprint density at radius 3 is 2.93 bits per heavy atom. The Hall–Kier alpha value is -0.160. The van der Waals surface area contributed by atoms with E-state index in [0.29, 0.717) is 12.1 Å². The maximum absolute atomic E-state index is 5.58. The molecule has 4 atom stereocenters. The molecule has 0 radical (unpaired) electrons. The largest absolute Gasteiger partial charge is 0.380 e. The molecule has 1 aliphatic heterocycles. The number of nitrogens with one attached hydrogen (secondary N) is 1. The summed E-state index contributed by atoms with van der Waals surface area (Å²) in [6.07, 6.45) is 2.67. The molecular weight excluding hydrogens is 194 g/mol. The van der Waals surface area contributed by atoms with E-state index in [-0.39, 0.29) is 12.2 Å². The highest BCUT2D eigenvalue weighted by Gasteiger charge is 2.43. The van der Waals surface area contributed by atoms with Crippen molar-refractivity contribution in [1.29, 1.82) is 0 Å². The molecule has 0 amide bonds. The van der Waals surface area contributed by atoms with Gasteiger partial charge in [0.05, 0.1) is 18.8 Å². The molecule has 88 valence electrons. The molecule has 1 N–H and O–H groups in total. The second-order valence-corrected chi connectivity index (χ2v) is 4.26. The summed E-state index contributed by atoms with van der Waals surface area (Å²) in [4.78, 5) is 0. The second kappa shape index (κ2) is 5.25. The predicted molar refractivity (Wildman–Crippen MR) is 57.0 cm³/mol. The fraction of sp³-hybridized carbons (Fsp3) is 1.00. The lowest BCUT2D eigenvalue weighted by Gasteiger charge is -2.44. The SMILES string of the molecule is CCOC1CC(NC2CCOC2)C1OC. The van der Waals surface area contributed by atoms with Crippen molar-refractivity contribution in [2.45, 2.75) is 44.1 Å². The zero-order chi connectivity index (χ0) is 10.7. The Morgan fingerprint density at radius 1 is 1.47 bits per heavy atom. The Bertz CT molecular complexity index is 194. The topological polar surface area (TPSA) is 39.7 Å². The number of methoxy groups -OCH3 is 1. The monoisotopic (exact) mass is 215 g/mol. The average Bonchev–Trinajstić information content (AvgIpc) is 2.69. The molecule has 2 fully saturated rings. The number of hydrogen-bond acceptors (Lipinski definition) is 4. The van der Waals surface area contributed by atoms with Crippen LogP contribution < -0.4 is 5.32 Å². The van der Waals surface area contributed by atoms with Crippen molar-refractivity contribution in [3.63, 3.8) is 0 Å². The highest BCUT2D eigenvalue weighted by Crippen LogP contribution is 2.27. The summed E-state index contributed by atoms with van der Waals surface area (Å²) >= 11 is 0. The first-order valence-electron chi connectivity index (χ1n) is 5.83. The Labute approximate surface area is 91.3 Å². The molecule has 4 heteroatoms. The van der Waals surface area contributed by atoms with Crippen molar-refractivity contribution in [3.05, 3.63) is 0 Å². The summed E-state index contributed by atoms with van der Waals surface area (Å²) in [6, 6.07) is 0.952. The van der Waals surface area contributed by atoms with E-state index >= 15 is 0 Å². The Balaban J connectivity index is 1.74. The van der Waals surface area contributed by atoms with Gasteiger partial charge in [0.25, 0.3) is 0 Å². The van der Waals surface area contributed by atoms with E-state index in [2.05, 4.69) is 5.32 Å². The van der Waals surface area contributed by atoms with Gasteiger partial charge < -0.3 is 19.5 Å². The lowest BCUT2D eigenvalue weighted by Crippen LogP contribution is -2.61. The third-order valence-corrected chi connectivity index (χ3v) is 3.28. The summed E-state index contributed by atoms with van der Waals surface area (Å²) < 4.78 is 16.4. The van der Waals surface area contributed by atoms with E-state index in [9.17, 15) is 0 Å². The summed E-state index contributed by atoms with van der Waals surface area (Å²) in [7, 11) is 1.76. The van der Waals surface area contributed by atoms with Crippen LogP contribution in [-0.2, 0) is 14.2 Å². The molecule has 4 nitrogen and oxygen atoms in total. The van der Waals surface area contributed by atoms with Gasteiger partial charge in [0.2, 0.25) is 0 Å². The first kappa shape index (κ1) is 11.3. The van der Waals surface area contributed by atoms with Gasteiger partial charge in [-0.25, -0.2) is 0 Å². The van der Waals surface area contributed by atoms with Crippen LogP contribution in [0.4, 0.5) is 0 Å². The van der Waals surface area contributed by atoms with Crippen LogP contribution in [0.3, 0.4) is 0 Å². The van der Waals surface area contributed by atoms with Crippen LogP contribution >= 0.6 is 0 Å². The van der Waals surface area contributed by atoms with E-state index < -0.39 is 0 Å². The van der Waals surface area contributed by atoms with Gasteiger partial charge in [0, 0.05) is 32.4 Å². The fourth-order valence-electron chi connectivity index (χ4n) is 2.41. The fourth-order valence-corrected chi connectivity index (χ4v) is 2.41. The van der Waals surface area contributed by atoms with Crippen LogP contribution in [0.15, 0.2) is 0 Å². The summed E-state index contributed by atoms with van der Waals surface area (Å²) in [6.45, 7) is 4.52. The molecule has 0 bridgehead atoms. The lowest BCUT2D eigenvalue weighted by atomic mass is 9.84. The van der Waals surface area contributed by atoms with Gasteiger partial charge in [0.1, 0.15) is 0 Å². The first-order chi connectivity index (χ1) is 7.35. The maximum atomic E-state index is 5.58. The molecule has 0 aromatic rings. The predicted octanol–water partition coefficient (Wildman–Crippen LogP) is 0.557. The van der Waals surface area contributed by atoms with E-state index in [4.69, 9.17) is 14.2 Å². The van der Waals surface area contributed by atoms with Gasteiger partial charge in [-0.2, -0.15) is 0 Å². The number of hydrogen-bond donors (Lipinski definition) is 1. The second-order valence-electron chi connectivity index (χ2n) is 4.26. The molecule has 2 aliphatic rings. The molecule has 0 aromatic carbocycles. The molecular formula is C11H21NO3. The minimum absolute atomic E-state index is 0.213. The van der Waals surface area contributed by atoms with Crippen LogP contribution in [0, 0.1) is 0 Å². The molecule has 0 aromatic heterocycles. The van der Waals surface area contributed by atoms with Crippen LogP contribution in [-0.4, -0.2) is 51.2 Å². The standard InChI is InChI=1S/C11H21NO3/c1-3-15-10-6-9(11(10)13-2)12-8-4-5-14-7-8/h8-12H,3-7H2,1-2H3. The molecule has 1 saturated carbocycles. The quantitative estimate of drug-likeness (QED) is 0.727. The van der Waals surface area contributed by atoms with Crippen molar-refractivity contribution >= 4 is 0 Å². The molecule has 1 saturated heterocycles. The number of ether oxygens (including phenoxy) is 3. The summed E-state index contributed by atoms with van der Waals surface area (Å²) in [5, 5.41) is 3.57. The molecule has 15 heavy (non-hydrogen) atoms. The third-order valence-electron chi connectivity index (χ3n) is 3.28. The molecule has 2 rings (SSSR count). The Morgan fingerprint density at radius 2 is 2.33 bits per heavy atom. The van der Waals surface area contributed by atoms with Gasteiger partial charge in [-0.1, -0.05) is 0 Å². The normalized spacial score (nSPS) is 40.4. The molecule has 0 spiro atoms. The van der Waals surface area contributed by atoms with Gasteiger partial charge in [0.15, 0.2) is 0 Å². The molecule has 4 unspecified atom stereocenters. The van der Waals surface area contributed by atoms with Crippen molar-refractivity contribution in [2.75, 3.05) is 26.9 Å². The third kappa shape index (κ3) is 2.50. The maximum Gasteiger partial charge on any atom is 0.0986 e. The highest BCUT2D eigenvalue weighted by molar-refractivity contribution is 4.98. The number of rotatable bonds is 5. The molecule has 1 heterocycles. The summed E-state index contributed by atoms with van der Waals surface area (Å²) in [5.74, 6) is 0. The van der Waals surface area contributed by atoms with Gasteiger partial charge >= 0.3 is 0 Å². The smallest absolute Gasteiger partial charge is 0.0986 e. The van der Waals surface area contributed by atoms with Crippen LogP contribution in [0.5, 0.6) is 0 Å². The van der Waals surface area contributed by atoms with Gasteiger partial charge in [-0.3, -0.25) is 0 Å². The van der Waals surface area contributed by atoms with Crippen LogP contribution in [0.2, 0.25) is 0 Å². The Kier molecular flexibility index (Phi) is 3.97. The summed E-state index contributed by atoms with van der Waals surface area (Å²) in [5.41, 5.74) is 0. The van der Waals surface area contributed by atoms with E-state index in [1.165, 1.54) is 0 Å². The zero-order valence-electron chi connectivity index (χ0n) is 9.57. The van der Waals surface area contributed by atoms with E-state index in [1.54, 1.807) is 7.11 Å². The zero-order valence-corrected chi connectivity index (χ0v) is 9.57. The van der Waals surface area contributed by atoms with Crippen molar-refractivity contribution in [1.82, 2.24) is 5.32 Å². The van der Waals surface area contributed by atoms with Crippen molar-refractivity contribution in [2.24, 2.45) is 0 Å². The minimum atomic E-state index is 0.213.